The van der Waals surface area contributed by atoms with Crippen LogP contribution in [0.1, 0.15) is 69.6 Å². The third kappa shape index (κ3) is 10.1. The second-order valence-electron chi connectivity index (χ2n) is 12.4. The van der Waals surface area contributed by atoms with Gasteiger partial charge in [0.25, 0.3) is 0 Å². The first-order valence-electron chi connectivity index (χ1n) is 15.3. The number of aromatic amines is 1. The van der Waals surface area contributed by atoms with Gasteiger partial charge in [-0.1, -0.05) is 24.3 Å². The summed E-state index contributed by atoms with van der Waals surface area (Å²) in [6, 6.07) is 13.0. The highest BCUT2D eigenvalue weighted by molar-refractivity contribution is 5.90. The van der Waals surface area contributed by atoms with Gasteiger partial charge in [-0.2, -0.15) is 0 Å². The van der Waals surface area contributed by atoms with Gasteiger partial charge in [0.05, 0.1) is 13.0 Å². The molecule has 1 aliphatic rings. The van der Waals surface area contributed by atoms with Crippen molar-refractivity contribution in [3.8, 4) is 5.75 Å². The highest BCUT2D eigenvalue weighted by atomic mass is 16.6. The molecule has 9 heteroatoms. The van der Waals surface area contributed by atoms with Gasteiger partial charge in [-0.25, -0.2) is 0 Å². The number of rotatable bonds is 13. The summed E-state index contributed by atoms with van der Waals surface area (Å²) in [6.07, 6.45) is 5.49. The van der Waals surface area contributed by atoms with Gasteiger partial charge in [-0.15, -0.1) is 0 Å². The molecule has 2 atom stereocenters. The van der Waals surface area contributed by atoms with E-state index in [4.69, 9.17) is 9.47 Å². The summed E-state index contributed by atoms with van der Waals surface area (Å²) in [4.78, 5) is 41.8. The third-order valence-corrected chi connectivity index (χ3v) is 7.69. The van der Waals surface area contributed by atoms with E-state index in [0.29, 0.717) is 25.5 Å². The van der Waals surface area contributed by atoms with Gasteiger partial charge in [-0.05, 0) is 101 Å². The lowest BCUT2D eigenvalue weighted by Crippen LogP contribution is -2.48. The van der Waals surface area contributed by atoms with E-state index in [1.165, 1.54) is 12.8 Å². The number of esters is 1. The predicted octanol–water partition coefficient (Wildman–Crippen LogP) is 4.71. The molecule has 0 aliphatic carbocycles. The maximum atomic E-state index is 13.5. The van der Waals surface area contributed by atoms with Crippen LogP contribution in [-0.2, 0) is 32.1 Å². The van der Waals surface area contributed by atoms with Gasteiger partial charge in [0, 0.05) is 36.5 Å². The Morgan fingerprint density at radius 2 is 1.88 bits per heavy atom. The number of aromatic nitrogens is 1. The standard InChI is InChI=1S/C34H46N4O5/c1-23-11-12-27(42-17-15-24-8-7-16-35-20-24)18-25(23)21-37-33(41)30(19-26-22-36-29-10-6-5-9-28(26)29)38-31(39)13-14-32(40)43-34(2,3)4/h5-6,9-12,18,22,24,30,35-36H,7-8,13-17,19-21H2,1-4H3,(H,37,41)(H,38,39). The van der Waals surface area contributed by atoms with Crippen molar-refractivity contribution >= 4 is 28.7 Å². The van der Waals surface area contributed by atoms with Crippen LogP contribution in [-0.4, -0.2) is 54.1 Å². The number of nitrogens with one attached hydrogen (secondary N) is 4. The Hall–Kier alpha value is -3.85. The highest BCUT2D eigenvalue weighted by Crippen LogP contribution is 2.21. The fourth-order valence-electron chi connectivity index (χ4n) is 5.35. The first kappa shape index (κ1) is 32.1. The molecule has 2 unspecified atom stereocenters. The number of H-pyrrole nitrogens is 1. The number of piperidine rings is 1. The number of hydrogen-bond acceptors (Lipinski definition) is 6. The quantitative estimate of drug-likeness (QED) is 0.214. The van der Waals surface area contributed by atoms with Crippen LogP contribution in [0.15, 0.2) is 48.7 Å². The normalized spacial score (nSPS) is 16.0. The van der Waals surface area contributed by atoms with Crippen LogP contribution in [0, 0.1) is 12.8 Å². The van der Waals surface area contributed by atoms with Crippen molar-refractivity contribution in [2.45, 2.75) is 84.4 Å². The summed E-state index contributed by atoms with van der Waals surface area (Å²) in [5.74, 6) is 0.293. The summed E-state index contributed by atoms with van der Waals surface area (Å²) in [6.45, 7) is 10.5. The lowest BCUT2D eigenvalue weighted by atomic mass is 9.97. The summed E-state index contributed by atoms with van der Waals surface area (Å²) in [5.41, 5.74) is 3.24. The fourth-order valence-corrected chi connectivity index (χ4v) is 5.35. The van der Waals surface area contributed by atoms with E-state index in [1.807, 2.05) is 55.6 Å². The van der Waals surface area contributed by atoms with Gasteiger partial charge in [0.15, 0.2) is 0 Å². The molecule has 1 saturated heterocycles. The molecule has 4 rings (SSSR count). The van der Waals surface area contributed by atoms with Crippen molar-refractivity contribution in [1.82, 2.24) is 20.9 Å². The smallest absolute Gasteiger partial charge is 0.306 e. The zero-order valence-electron chi connectivity index (χ0n) is 25.9. The van der Waals surface area contributed by atoms with Crippen LogP contribution < -0.4 is 20.7 Å². The van der Waals surface area contributed by atoms with E-state index in [9.17, 15) is 14.4 Å². The average molecular weight is 591 g/mol. The van der Waals surface area contributed by atoms with Crippen molar-refractivity contribution < 1.29 is 23.9 Å². The molecular formula is C34H46N4O5. The number of carbonyl (C=O) groups is 3. The number of aryl methyl sites for hydroxylation is 1. The topological polar surface area (TPSA) is 122 Å². The predicted molar refractivity (Wildman–Crippen MR) is 168 cm³/mol. The Balaban J connectivity index is 1.38. The number of hydrogen-bond donors (Lipinski definition) is 4. The van der Waals surface area contributed by atoms with Crippen LogP contribution in [0.5, 0.6) is 5.75 Å². The van der Waals surface area contributed by atoms with Gasteiger partial charge < -0.3 is 30.4 Å². The van der Waals surface area contributed by atoms with Crippen molar-refractivity contribution in [3.05, 3.63) is 65.4 Å². The highest BCUT2D eigenvalue weighted by Gasteiger charge is 2.24. The van der Waals surface area contributed by atoms with Crippen LogP contribution in [0.2, 0.25) is 0 Å². The molecule has 2 aromatic carbocycles. The molecule has 9 nitrogen and oxygen atoms in total. The zero-order chi connectivity index (χ0) is 30.8. The number of carbonyl (C=O) groups excluding carboxylic acids is 3. The monoisotopic (exact) mass is 590 g/mol. The van der Waals surface area contributed by atoms with Crippen LogP contribution in [0.25, 0.3) is 10.9 Å². The van der Waals surface area contributed by atoms with Crippen LogP contribution >= 0.6 is 0 Å². The lowest BCUT2D eigenvalue weighted by molar-refractivity contribution is -0.155. The summed E-state index contributed by atoms with van der Waals surface area (Å²) in [5, 5.41) is 10.3. The minimum atomic E-state index is -0.825. The largest absolute Gasteiger partial charge is 0.494 e. The van der Waals surface area contributed by atoms with Crippen LogP contribution in [0.4, 0.5) is 0 Å². The molecule has 1 fully saturated rings. The van der Waals surface area contributed by atoms with E-state index in [0.717, 1.165) is 52.9 Å². The molecule has 0 saturated carbocycles. The van der Waals surface area contributed by atoms with E-state index in [2.05, 4.69) is 20.9 Å². The van der Waals surface area contributed by atoms with E-state index in [-0.39, 0.29) is 24.7 Å². The molecule has 0 spiro atoms. The molecule has 232 valence electrons. The lowest BCUT2D eigenvalue weighted by Gasteiger charge is -2.22. The minimum Gasteiger partial charge on any atom is -0.494 e. The Morgan fingerprint density at radius 3 is 2.65 bits per heavy atom. The maximum Gasteiger partial charge on any atom is 0.306 e. The number of amides is 2. The minimum absolute atomic E-state index is 0.0617. The first-order chi connectivity index (χ1) is 20.6. The molecule has 3 aromatic rings. The number of ether oxygens (including phenoxy) is 2. The Bertz CT molecular complexity index is 1390. The maximum absolute atomic E-state index is 13.5. The van der Waals surface area contributed by atoms with Crippen molar-refractivity contribution in [2.24, 2.45) is 5.92 Å². The molecule has 1 aliphatic heterocycles. The average Bonchev–Trinajstić information content (AvgIpc) is 3.38. The third-order valence-electron chi connectivity index (χ3n) is 7.69. The number of fused-ring (bicyclic) bond motifs is 1. The molecule has 0 radical (unpaired) electrons. The Labute approximate surface area is 254 Å². The van der Waals surface area contributed by atoms with Crippen molar-refractivity contribution in [2.75, 3.05) is 19.7 Å². The van der Waals surface area contributed by atoms with Gasteiger partial charge in [0.2, 0.25) is 11.8 Å². The fraction of sp³-hybridized carbons (Fsp3) is 0.500. The van der Waals surface area contributed by atoms with Gasteiger partial charge in [0.1, 0.15) is 17.4 Å². The van der Waals surface area contributed by atoms with Crippen LogP contribution in [0.3, 0.4) is 0 Å². The zero-order valence-corrected chi connectivity index (χ0v) is 25.9. The van der Waals surface area contributed by atoms with E-state index < -0.39 is 17.6 Å². The Morgan fingerprint density at radius 1 is 1.07 bits per heavy atom. The van der Waals surface area contributed by atoms with Gasteiger partial charge in [-0.3, -0.25) is 14.4 Å². The molecular weight excluding hydrogens is 544 g/mol. The number of benzene rings is 2. The second-order valence-corrected chi connectivity index (χ2v) is 12.4. The summed E-state index contributed by atoms with van der Waals surface area (Å²) >= 11 is 0. The molecule has 4 N–H and O–H groups in total. The number of para-hydroxylation sites is 1. The second kappa shape index (κ2) is 15.0. The Kier molecular flexibility index (Phi) is 11.2. The van der Waals surface area contributed by atoms with E-state index >= 15 is 0 Å². The molecule has 2 heterocycles. The molecule has 1 aromatic heterocycles. The molecule has 0 bridgehead atoms. The summed E-state index contributed by atoms with van der Waals surface area (Å²) < 4.78 is 11.4. The summed E-state index contributed by atoms with van der Waals surface area (Å²) in [7, 11) is 0. The van der Waals surface area contributed by atoms with E-state index in [1.54, 1.807) is 20.8 Å². The molecule has 2 amide bonds. The van der Waals surface area contributed by atoms with Crippen molar-refractivity contribution in [3.63, 3.8) is 0 Å². The first-order valence-corrected chi connectivity index (χ1v) is 15.3. The van der Waals surface area contributed by atoms with Crippen molar-refractivity contribution in [1.29, 1.82) is 0 Å². The van der Waals surface area contributed by atoms with Gasteiger partial charge >= 0.3 is 5.97 Å². The SMILES string of the molecule is Cc1ccc(OCCC2CCCNC2)cc1CNC(=O)C(Cc1c[nH]c2ccccc12)NC(=O)CCC(=O)OC(C)(C)C. The molecule has 43 heavy (non-hydrogen) atoms.